The molecule has 1 amide bonds. The summed E-state index contributed by atoms with van der Waals surface area (Å²) in [5.74, 6) is 0. The van der Waals surface area contributed by atoms with E-state index >= 15 is 0 Å². The Morgan fingerprint density at radius 2 is 1.76 bits per heavy atom. The number of amides is 1. The Bertz CT molecular complexity index is 808. The summed E-state index contributed by atoms with van der Waals surface area (Å²) < 4.78 is 3.18. The fraction of sp³-hybridized carbons (Fsp3) is 0.200. The van der Waals surface area contributed by atoms with Gasteiger partial charge in [0.2, 0.25) is 0 Å². The fourth-order valence-electron chi connectivity index (χ4n) is 2.79. The lowest BCUT2D eigenvalue weighted by Crippen LogP contribution is -2.18. The number of carbonyl (C=O) groups is 1. The molecule has 1 aliphatic heterocycles. The van der Waals surface area contributed by atoms with Crippen molar-refractivity contribution in [2.75, 3.05) is 0 Å². The van der Waals surface area contributed by atoms with E-state index in [4.69, 9.17) is 0 Å². The zero-order valence-corrected chi connectivity index (χ0v) is 12.0. The molecule has 2 aromatic rings. The third-order valence-electron chi connectivity index (χ3n) is 3.69. The molecule has 0 bridgehead atoms. The molecule has 0 N–H and O–H groups in total. The van der Waals surface area contributed by atoms with Gasteiger partial charge in [0, 0.05) is 23.3 Å². The van der Waals surface area contributed by atoms with Gasteiger partial charge in [0.15, 0.2) is 5.69 Å². The second-order valence-corrected chi connectivity index (χ2v) is 5.20. The number of hydrogen-bond donors (Lipinski definition) is 0. The number of nitro benzene ring substituents is 1. The van der Waals surface area contributed by atoms with Gasteiger partial charge in [-0.3, -0.25) is 10.1 Å². The molecule has 0 saturated heterocycles. The number of nitro groups is 1. The van der Waals surface area contributed by atoms with Gasteiger partial charge in [-0.2, -0.15) is 13.9 Å². The summed E-state index contributed by atoms with van der Waals surface area (Å²) in [5, 5.41) is 10.9. The molecule has 6 heteroatoms. The number of rotatable bonds is 2. The molecule has 106 valence electrons. The number of aromatic nitrogens is 1. The molecule has 1 aliphatic rings. The van der Waals surface area contributed by atoms with Crippen molar-refractivity contribution in [3.63, 3.8) is 0 Å². The summed E-state index contributed by atoms with van der Waals surface area (Å²) in [6.45, 7) is 5.42. The SMILES string of the molecule is Cc1cc([N+](=O)[O-])cc(C)c1[N+]1=Cc2ccc(C)n2C1=O. The van der Waals surface area contributed by atoms with Crippen LogP contribution in [-0.2, 0) is 0 Å². The summed E-state index contributed by atoms with van der Waals surface area (Å²) in [4.78, 5) is 23.0. The molecular weight excluding hydrogens is 270 g/mol. The molecule has 1 aromatic carbocycles. The van der Waals surface area contributed by atoms with Crippen molar-refractivity contribution < 1.29 is 14.3 Å². The summed E-state index contributed by atoms with van der Waals surface area (Å²) in [6, 6.07) is 6.58. The zero-order valence-electron chi connectivity index (χ0n) is 12.0. The number of nitrogens with zero attached hydrogens (tertiary/aromatic N) is 3. The van der Waals surface area contributed by atoms with Crippen molar-refractivity contribution in [3.05, 3.63) is 56.9 Å². The number of benzene rings is 1. The highest BCUT2D eigenvalue weighted by atomic mass is 16.6. The van der Waals surface area contributed by atoms with Crippen molar-refractivity contribution in [1.82, 2.24) is 4.57 Å². The van der Waals surface area contributed by atoms with E-state index in [1.54, 1.807) is 29.2 Å². The Balaban J connectivity index is 2.16. The Morgan fingerprint density at radius 3 is 2.29 bits per heavy atom. The van der Waals surface area contributed by atoms with Gasteiger partial charge in [0.25, 0.3) is 5.69 Å². The maximum atomic E-state index is 12.5. The quantitative estimate of drug-likeness (QED) is 0.483. The third kappa shape index (κ3) is 1.87. The average molecular weight is 284 g/mol. The molecule has 0 atom stereocenters. The smallest absolute Gasteiger partial charge is 0.258 e. The minimum atomic E-state index is -0.424. The molecule has 0 spiro atoms. The standard InChI is InChI=1S/C15H14N3O3/c1-9-6-13(18(20)21)7-10(2)14(9)16-8-12-5-4-11(3)17(12)15(16)19/h4-8H,1-3H3/q+1. The molecule has 0 saturated carbocycles. The van der Waals surface area contributed by atoms with Gasteiger partial charge in [0.1, 0.15) is 17.6 Å². The molecular formula is C15H14N3O3+. The van der Waals surface area contributed by atoms with E-state index in [-0.39, 0.29) is 11.7 Å². The molecule has 0 unspecified atom stereocenters. The average Bonchev–Trinajstić information content (AvgIpc) is 2.91. The van der Waals surface area contributed by atoms with Crippen LogP contribution in [0, 0.1) is 30.9 Å². The lowest BCUT2D eigenvalue weighted by Gasteiger charge is -2.07. The first-order chi connectivity index (χ1) is 9.90. The fourth-order valence-corrected chi connectivity index (χ4v) is 2.79. The van der Waals surface area contributed by atoms with E-state index in [2.05, 4.69) is 0 Å². The molecule has 0 radical (unpaired) electrons. The van der Waals surface area contributed by atoms with Crippen molar-refractivity contribution in [3.8, 4) is 0 Å². The van der Waals surface area contributed by atoms with Crippen LogP contribution in [0.3, 0.4) is 0 Å². The van der Waals surface area contributed by atoms with Gasteiger partial charge < -0.3 is 0 Å². The van der Waals surface area contributed by atoms with Crippen LogP contribution in [0.15, 0.2) is 24.3 Å². The zero-order chi connectivity index (χ0) is 15.3. The lowest BCUT2D eigenvalue weighted by atomic mass is 10.1. The first-order valence-electron chi connectivity index (χ1n) is 6.52. The first-order valence-corrected chi connectivity index (χ1v) is 6.52. The normalized spacial score (nSPS) is 13.3. The summed E-state index contributed by atoms with van der Waals surface area (Å²) in [6.07, 6.45) is 1.76. The van der Waals surface area contributed by atoms with Gasteiger partial charge in [-0.05, 0) is 32.9 Å². The Hall–Kier alpha value is -2.76. The van der Waals surface area contributed by atoms with E-state index < -0.39 is 4.92 Å². The van der Waals surface area contributed by atoms with Crippen LogP contribution in [0.2, 0.25) is 0 Å². The van der Waals surface area contributed by atoms with Crippen LogP contribution in [0.5, 0.6) is 0 Å². The predicted octanol–water partition coefficient (Wildman–Crippen LogP) is 3.07. The third-order valence-corrected chi connectivity index (χ3v) is 3.69. The number of carbonyl (C=O) groups excluding carboxylic acids is 1. The highest BCUT2D eigenvalue weighted by molar-refractivity contribution is 5.93. The number of non-ortho nitro benzene ring substituents is 1. The number of fused-ring (bicyclic) bond motifs is 1. The van der Waals surface area contributed by atoms with Crippen molar-refractivity contribution in [2.24, 2.45) is 0 Å². The number of aryl methyl sites for hydroxylation is 3. The lowest BCUT2D eigenvalue weighted by molar-refractivity contribution is -0.385. The molecule has 21 heavy (non-hydrogen) atoms. The summed E-state index contributed by atoms with van der Waals surface area (Å²) >= 11 is 0. The van der Waals surface area contributed by atoms with E-state index in [9.17, 15) is 14.9 Å². The van der Waals surface area contributed by atoms with Crippen LogP contribution < -0.4 is 0 Å². The van der Waals surface area contributed by atoms with Gasteiger partial charge in [-0.25, -0.2) is 0 Å². The van der Waals surface area contributed by atoms with Gasteiger partial charge in [-0.15, -0.1) is 0 Å². The minimum absolute atomic E-state index is 0.0381. The highest BCUT2D eigenvalue weighted by Gasteiger charge is 2.35. The van der Waals surface area contributed by atoms with Crippen LogP contribution in [-0.4, -0.2) is 26.3 Å². The Labute approximate surface area is 121 Å². The highest BCUT2D eigenvalue weighted by Crippen LogP contribution is 2.30. The summed E-state index contributed by atoms with van der Waals surface area (Å²) in [5.41, 5.74) is 3.83. The maximum absolute atomic E-state index is 12.5. The van der Waals surface area contributed by atoms with Gasteiger partial charge in [-0.1, -0.05) is 0 Å². The Morgan fingerprint density at radius 1 is 1.14 bits per heavy atom. The number of hydrogen-bond acceptors (Lipinski definition) is 3. The first kappa shape index (κ1) is 13.2. The monoisotopic (exact) mass is 284 g/mol. The van der Waals surface area contributed by atoms with E-state index in [1.165, 1.54) is 12.1 Å². The van der Waals surface area contributed by atoms with Crippen LogP contribution in [0.4, 0.5) is 16.2 Å². The van der Waals surface area contributed by atoms with Crippen LogP contribution >= 0.6 is 0 Å². The van der Waals surface area contributed by atoms with Crippen molar-refractivity contribution in [2.45, 2.75) is 20.8 Å². The van der Waals surface area contributed by atoms with Crippen LogP contribution in [0.25, 0.3) is 0 Å². The Kier molecular flexibility index (Phi) is 2.76. The largest absolute Gasteiger partial charge is 0.508 e. The molecule has 6 nitrogen and oxygen atoms in total. The van der Waals surface area contributed by atoms with Crippen molar-refractivity contribution >= 4 is 23.6 Å². The molecule has 0 aliphatic carbocycles. The molecule has 2 heterocycles. The van der Waals surface area contributed by atoms with Gasteiger partial charge >= 0.3 is 6.03 Å². The van der Waals surface area contributed by atoms with E-state index in [1.807, 2.05) is 19.1 Å². The topological polar surface area (TPSA) is 68.2 Å². The predicted molar refractivity (Wildman–Crippen MR) is 77.6 cm³/mol. The van der Waals surface area contributed by atoms with E-state index in [0.717, 1.165) is 11.4 Å². The second-order valence-electron chi connectivity index (χ2n) is 5.20. The van der Waals surface area contributed by atoms with E-state index in [0.29, 0.717) is 16.8 Å². The molecule has 3 rings (SSSR count). The molecule has 0 fully saturated rings. The summed E-state index contributed by atoms with van der Waals surface area (Å²) in [7, 11) is 0. The van der Waals surface area contributed by atoms with Crippen LogP contribution in [0.1, 0.15) is 22.5 Å². The minimum Gasteiger partial charge on any atom is -0.258 e. The van der Waals surface area contributed by atoms with Crippen molar-refractivity contribution in [1.29, 1.82) is 0 Å². The molecule has 1 aromatic heterocycles. The maximum Gasteiger partial charge on any atom is 0.508 e. The second kappa shape index (κ2) is 4.37. The van der Waals surface area contributed by atoms with Gasteiger partial charge in [0.05, 0.1) is 4.92 Å².